The monoisotopic (exact) mass is 321 g/mol. The first kappa shape index (κ1) is 13.7. The smallest absolute Gasteiger partial charge is 0.147 e. The highest BCUT2D eigenvalue weighted by Crippen LogP contribution is 2.33. The Labute approximate surface area is 122 Å². The van der Waals surface area contributed by atoms with Crippen molar-refractivity contribution < 1.29 is 9.47 Å². The maximum absolute atomic E-state index is 6.05. The summed E-state index contributed by atoms with van der Waals surface area (Å²) in [5, 5.41) is 0.469. The van der Waals surface area contributed by atoms with E-state index in [-0.39, 0.29) is 0 Å². The van der Waals surface area contributed by atoms with Gasteiger partial charge >= 0.3 is 0 Å². The topological polar surface area (TPSA) is 30.8 Å². The Kier molecular flexibility index (Phi) is 4.50. The summed E-state index contributed by atoms with van der Waals surface area (Å²) in [6.07, 6.45) is 0. The Morgan fingerprint density at radius 2 is 1.89 bits per heavy atom. The van der Waals surface area contributed by atoms with Gasteiger partial charge in [-0.05, 0) is 12.1 Å². The first-order valence-corrected chi connectivity index (χ1v) is 7.77. The molecule has 0 saturated carbocycles. The van der Waals surface area contributed by atoms with E-state index < -0.39 is 0 Å². The molecule has 0 amide bonds. The predicted molar refractivity (Wildman–Crippen MR) is 77.0 cm³/mol. The largest absolute Gasteiger partial charge is 0.497 e. The van der Waals surface area contributed by atoms with Gasteiger partial charge in [-0.15, -0.1) is 0 Å². The molecule has 18 heavy (non-hydrogen) atoms. The lowest BCUT2D eigenvalue weighted by molar-refractivity contribution is 0.404. The molecular formula is C11H9Cl2NO2S2. The Balaban J connectivity index is 2.56. The van der Waals surface area contributed by atoms with Crippen LogP contribution >= 0.6 is 43.9 Å². The van der Waals surface area contributed by atoms with Crippen molar-refractivity contribution in [2.45, 2.75) is 0 Å². The van der Waals surface area contributed by atoms with Gasteiger partial charge in [-0.2, -0.15) is 0 Å². The lowest BCUT2D eigenvalue weighted by Crippen LogP contribution is -1.94. The summed E-state index contributed by atoms with van der Waals surface area (Å²) in [7, 11) is 5.99. The standard InChI is InChI=1S/C11H9Cl2NO2S2/c1-15-6-3-4-8(16-2)7(5-6)14-11-9(12)10(13)17-18-11/h3-5H,1-2H3. The van der Waals surface area contributed by atoms with Crippen LogP contribution in [0.25, 0.3) is 0 Å². The first-order valence-electron chi connectivity index (χ1n) is 4.86. The second-order valence-corrected chi connectivity index (χ2v) is 6.32. The van der Waals surface area contributed by atoms with Gasteiger partial charge in [0.1, 0.15) is 31.2 Å². The fourth-order valence-electron chi connectivity index (χ4n) is 1.29. The van der Waals surface area contributed by atoms with Crippen LogP contribution < -0.4 is 14.1 Å². The molecular weight excluding hydrogens is 313 g/mol. The molecule has 0 aliphatic carbocycles. The number of hydrogen-bond donors (Lipinski definition) is 0. The number of hydrogen-bond acceptors (Lipinski definition) is 5. The summed E-state index contributed by atoms with van der Waals surface area (Å²) < 4.78 is 11.6. The number of benzene rings is 1. The third-order valence-electron chi connectivity index (χ3n) is 2.16. The zero-order valence-electron chi connectivity index (χ0n) is 9.57. The summed E-state index contributed by atoms with van der Waals surface area (Å²) >= 11 is 12.0. The van der Waals surface area contributed by atoms with Crippen LogP contribution in [0.1, 0.15) is 0 Å². The summed E-state index contributed by atoms with van der Waals surface area (Å²) in [5.41, 5.74) is 0.657. The Hall–Kier alpha value is -0.750. The zero-order chi connectivity index (χ0) is 13.1. The fraction of sp³-hybridized carbons (Fsp3) is 0.182. The van der Waals surface area contributed by atoms with Gasteiger partial charge in [0, 0.05) is 6.07 Å². The molecule has 1 aromatic carbocycles. The third-order valence-corrected chi connectivity index (χ3v) is 5.66. The van der Waals surface area contributed by atoms with Crippen molar-refractivity contribution in [2.24, 2.45) is 4.99 Å². The molecule has 96 valence electrons. The number of nitrogens with zero attached hydrogens (tertiary/aromatic N) is 1. The van der Waals surface area contributed by atoms with Crippen LogP contribution in [-0.4, -0.2) is 14.2 Å². The normalized spacial score (nSPS) is 11.7. The second-order valence-electron chi connectivity index (χ2n) is 3.21. The van der Waals surface area contributed by atoms with Crippen LogP contribution in [0.3, 0.4) is 0 Å². The van der Waals surface area contributed by atoms with Crippen molar-refractivity contribution >= 4 is 49.6 Å². The highest BCUT2D eigenvalue weighted by atomic mass is 35.5. The van der Waals surface area contributed by atoms with Gasteiger partial charge in [0.05, 0.1) is 14.2 Å². The summed E-state index contributed by atoms with van der Waals surface area (Å²) in [6, 6.07) is 5.39. The van der Waals surface area contributed by atoms with E-state index in [1.165, 1.54) is 20.7 Å². The molecule has 0 atom stereocenters. The quantitative estimate of drug-likeness (QED) is 0.786. The minimum absolute atomic E-state index is 0.469. The number of methoxy groups -OCH3 is 2. The Morgan fingerprint density at radius 3 is 2.44 bits per heavy atom. The molecule has 0 aliphatic heterocycles. The molecule has 1 heterocycles. The van der Waals surface area contributed by atoms with E-state index in [9.17, 15) is 0 Å². The summed E-state index contributed by atoms with van der Waals surface area (Å²) in [5.74, 6) is 1.36. The van der Waals surface area contributed by atoms with Gasteiger partial charge < -0.3 is 9.47 Å². The molecule has 0 aliphatic rings. The number of ether oxygens (including phenoxy) is 2. The van der Waals surface area contributed by atoms with E-state index in [1.807, 2.05) is 6.07 Å². The van der Waals surface area contributed by atoms with Gasteiger partial charge in [-0.3, -0.25) is 0 Å². The van der Waals surface area contributed by atoms with E-state index in [2.05, 4.69) is 4.99 Å². The summed E-state index contributed by atoms with van der Waals surface area (Å²) in [6.45, 7) is 0. The SMILES string of the molecule is COc1ccc(OC)c(N=c2ssc(Cl)c2Cl)c1. The predicted octanol–water partition coefficient (Wildman–Crippen LogP) is 4.37. The molecule has 2 rings (SSSR count). The van der Waals surface area contributed by atoms with Crippen LogP contribution in [0.4, 0.5) is 5.69 Å². The molecule has 7 heteroatoms. The van der Waals surface area contributed by atoms with Crippen LogP contribution in [-0.2, 0) is 0 Å². The zero-order valence-corrected chi connectivity index (χ0v) is 12.7. The molecule has 0 radical (unpaired) electrons. The average molecular weight is 322 g/mol. The van der Waals surface area contributed by atoms with Gasteiger partial charge in [-0.25, -0.2) is 4.99 Å². The Morgan fingerprint density at radius 1 is 1.11 bits per heavy atom. The van der Waals surface area contributed by atoms with E-state index in [0.717, 1.165) is 0 Å². The van der Waals surface area contributed by atoms with Crippen molar-refractivity contribution in [3.05, 3.63) is 32.2 Å². The molecule has 0 unspecified atom stereocenters. The van der Waals surface area contributed by atoms with E-state index in [4.69, 9.17) is 32.7 Å². The van der Waals surface area contributed by atoms with Gasteiger partial charge in [0.25, 0.3) is 0 Å². The Bertz CT molecular complexity index is 622. The van der Waals surface area contributed by atoms with Crippen LogP contribution in [0.15, 0.2) is 23.2 Å². The molecule has 1 aromatic heterocycles. The van der Waals surface area contributed by atoms with Gasteiger partial charge in [0.15, 0.2) is 0 Å². The van der Waals surface area contributed by atoms with Crippen molar-refractivity contribution in [2.75, 3.05) is 14.2 Å². The van der Waals surface area contributed by atoms with E-state index >= 15 is 0 Å². The van der Waals surface area contributed by atoms with Crippen molar-refractivity contribution in [3.8, 4) is 11.5 Å². The van der Waals surface area contributed by atoms with Crippen molar-refractivity contribution in [1.29, 1.82) is 0 Å². The molecule has 3 nitrogen and oxygen atoms in total. The lowest BCUT2D eigenvalue weighted by atomic mass is 10.3. The van der Waals surface area contributed by atoms with Crippen LogP contribution in [0, 0.1) is 0 Å². The molecule has 2 aromatic rings. The number of halogens is 2. The van der Waals surface area contributed by atoms with E-state index in [0.29, 0.717) is 31.2 Å². The average Bonchev–Trinajstić information content (AvgIpc) is 2.70. The molecule has 0 fully saturated rings. The maximum atomic E-state index is 6.05. The second kappa shape index (κ2) is 5.93. The molecule has 0 N–H and O–H groups in total. The van der Waals surface area contributed by atoms with E-state index in [1.54, 1.807) is 26.4 Å². The van der Waals surface area contributed by atoms with Crippen LogP contribution in [0.5, 0.6) is 11.5 Å². The number of rotatable bonds is 3. The maximum Gasteiger partial charge on any atom is 0.147 e. The van der Waals surface area contributed by atoms with Gasteiger partial charge in [0.2, 0.25) is 0 Å². The van der Waals surface area contributed by atoms with Crippen molar-refractivity contribution in [3.63, 3.8) is 0 Å². The molecule has 0 saturated heterocycles. The minimum Gasteiger partial charge on any atom is -0.497 e. The molecule has 0 spiro atoms. The molecule has 0 bridgehead atoms. The van der Waals surface area contributed by atoms with Crippen molar-refractivity contribution in [1.82, 2.24) is 0 Å². The lowest BCUT2D eigenvalue weighted by Gasteiger charge is -2.06. The summed E-state index contributed by atoms with van der Waals surface area (Å²) in [4.78, 5) is 4.45. The van der Waals surface area contributed by atoms with Gasteiger partial charge in [-0.1, -0.05) is 43.9 Å². The highest BCUT2D eigenvalue weighted by Gasteiger charge is 2.07. The van der Waals surface area contributed by atoms with Crippen LogP contribution in [0.2, 0.25) is 9.36 Å². The first-order chi connectivity index (χ1) is 8.65. The minimum atomic E-state index is 0.469. The highest BCUT2D eigenvalue weighted by molar-refractivity contribution is 7.69. The third kappa shape index (κ3) is 2.80. The fourth-order valence-corrected chi connectivity index (χ4v) is 4.04.